The molecule has 0 atom stereocenters. The maximum atomic E-state index is 12.8. The van der Waals surface area contributed by atoms with E-state index in [0.29, 0.717) is 36.8 Å². The van der Waals surface area contributed by atoms with Crippen LogP contribution in [0.15, 0.2) is 33.7 Å². The van der Waals surface area contributed by atoms with Gasteiger partial charge in [0.1, 0.15) is 0 Å². The number of rotatable bonds is 6. The first kappa shape index (κ1) is 18.5. The van der Waals surface area contributed by atoms with Crippen molar-refractivity contribution >= 4 is 15.9 Å². The summed E-state index contributed by atoms with van der Waals surface area (Å²) in [6.45, 7) is 3.30. The molecule has 3 rings (SSSR count). The second-order valence-corrected chi connectivity index (χ2v) is 8.29. The number of benzene rings is 1. The summed E-state index contributed by atoms with van der Waals surface area (Å²) >= 11 is 0. The van der Waals surface area contributed by atoms with Crippen LogP contribution >= 0.6 is 0 Å². The Hall–Kier alpha value is -2.26. The molecule has 0 bridgehead atoms. The van der Waals surface area contributed by atoms with Crippen LogP contribution in [-0.2, 0) is 23.0 Å². The van der Waals surface area contributed by atoms with Crippen molar-refractivity contribution in [3.8, 4) is 0 Å². The fourth-order valence-corrected chi connectivity index (χ4v) is 4.03. The number of carbonyl (C=O) groups excluding carboxylic acids is 1. The van der Waals surface area contributed by atoms with Gasteiger partial charge >= 0.3 is 0 Å². The van der Waals surface area contributed by atoms with Gasteiger partial charge in [0, 0.05) is 32.1 Å². The molecule has 0 radical (unpaired) electrons. The molecular weight excluding hydrogens is 356 g/mol. The monoisotopic (exact) mass is 378 g/mol. The molecule has 26 heavy (non-hydrogen) atoms. The topological polar surface area (TPSA) is 96.6 Å². The molecule has 1 saturated heterocycles. The second kappa shape index (κ2) is 7.55. The van der Waals surface area contributed by atoms with Crippen molar-refractivity contribution < 1.29 is 17.7 Å². The first-order valence-electron chi connectivity index (χ1n) is 8.59. The Morgan fingerprint density at radius 2 is 2.04 bits per heavy atom. The number of carbonyl (C=O) groups is 1. The number of hydrogen-bond acceptors (Lipinski definition) is 6. The third kappa shape index (κ3) is 3.78. The summed E-state index contributed by atoms with van der Waals surface area (Å²) in [7, 11) is -2.32. The van der Waals surface area contributed by atoms with Crippen LogP contribution in [0, 0.1) is 0 Å². The Labute approximate surface area is 152 Å². The molecular formula is C17H22N4O4S. The molecule has 8 nitrogen and oxygen atoms in total. The van der Waals surface area contributed by atoms with Crippen LogP contribution in [-0.4, -0.2) is 53.8 Å². The highest BCUT2D eigenvalue weighted by atomic mass is 32.2. The smallest absolute Gasteiger partial charge is 0.253 e. The summed E-state index contributed by atoms with van der Waals surface area (Å²) < 4.78 is 31.8. The lowest BCUT2D eigenvalue weighted by Gasteiger charge is -2.18. The molecule has 0 aliphatic carbocycles. The van der Waals surface area contributed by atoms with E-state index in [2.05, 4.69) is 10.1 Å². The minimum absolute atomic E-state index is 0.00384. The van der Waals surface area contributed by atoms with E-state index in [1.807, 2.05) is 6.92 Å². The highest BCUT2D eigenvalue weighted by molar-refractivity contribution is 7.89. The van der Waals surface area contributed by atoms with Gasteiger partial charge in [0.15, 0.2) is 5.82 Å². The number of hydrogen-bond donors (Lipinski definition) is 0. The summed E-state index contributed by atoms with van der Waals surface area (Å²) in [6, 6.07) is 6.15. The van der Waals surface area contributed by atoms with E-state index in [0.717, 1.165) is 17.1 Å². The van der Waals surface area contributed by atoms with Gasteiger partial charge in [0.25, 0.3) is 5.91 Å². The number of amides is 1. The number of nitrogens with zero attached hydrogens (tertiary/aromatic N) is 4. The quantitative estimate of drug-likeness (QED) is 0.759. The molecule has 140 valence electrons. The zero-order chi connectivity index (χ0) is 18.7. The Morgan fingerprint density at radius 3 is 2.69 bits per heavy atom. The van der Waals surface area contributed by atoms with E-state index < -0.39 is 10.0 Å². The van der Waals surface area contributed by atoms with Gasteiger partial charge in [-0.1, -0.05) is 18.1 Å². The molecule has 2 aromatic rings. The van der Waals surface area contributed by atoms with Crippen molar-refractivity contribution in [1.29, 1.82) is 0 Å². The Bertz CT molecular complexity index is 888. The van der Waals surface area contributed by atoms with Gasteiger partial charge in [0.05, 0.1) is 11.4 Å². The third-order valence-electron chi connectivity index (χ3n) is 4.36. The number of aromatic nitrogens is 2. The Kier molecular flexibility index (Phi) is 5.38. The van der Waals surface area contributed by atoms with E-state index >= 15 is 0 Å². The SMILES string of the molecule is CCc1nc(CN(C)S(=O)(=O)c2cccc(C(=O)N3CCCC3)c2)no1. The largest absolute Gasteiger partial charge is 0.339 e. The fourth-order valence-electron chi connectivity index (χ4n) is 2.85. The van der Waals surface area contributed by atoms with Gasteiger partial charge in [-0.3, -0.25) is 4.79 Å². The van der Waals surface area contributed by atoms with Crippen molar-refractivity contribution in [3.05, 3.63) is 41.5 Å². The third-order valence-corrected chi connectivity index (χ3v) is 6.16. The highest BCUT2D eigenvalue weighted by Gasteiger charge is 2.25. The van der Waals surface area contributed by atoms with Crippen LogP contribution in [0.25, 0.3) is 0 Å². The lowest BCUT2D eigenvalue weighted by molar-refractivity contribution is 0.0792. The van der Waals surface area contributed by atoms with Gasteiger partial charge in [0.2, 0.25) is 15.9 Å². The lowest BCUT2D eigenvalue weighted by Crippen LogP contribution is -2.29. The van der Waals surface area contributed by atoms with E-state index in [9.17, 15) is 13.2 Å². The summed E-state index contributed by atoms with van der Waals surface area (Å²) in [6.07, 6.45) is 2.55. The van der Waals surface area contributed by atoms with E-state index in [1.54, 1.807) is 17.0 Å². The van der Waals surface area contributed by atoms with Crippen molar-refractivity contribution in [2.45, 2.75) is 37.6 Å². The van der Waals surface area contributed by atoms with Gasteiger partial charge < -0.3 is 9.42 Å². The summed E-state index contributed by atoms with van der Waals surface area (Å²) in [5, 5.41) is 3.78. The standard InChI is InChI=1S/C17H22N4O4S/c1-3-16-18-15(19-25-16)12-20(2)26(23,24)14-8-6-7-13(11-14)17(22)21-9-4-5-10-21/h6-8,11H,3-5,9-10,12H2,1-2H3. The minimum Gasteiger partial charge on any atom is -0.339 e. The molecule has 0 spiro atoms. The molecule has 1 aromatic heterocycles. The molecule has 1 aromatic carbocycles. The summed E-state index contributed by atoms with van der Waals surface area (Å²) in [4.78, 5) is 18.5. The molecule has 1 amide bonds. The van der Waals surface area contributed by atoms with Gasteiger partial charge in [-0.25, -0.2) is 8.42 Å². The number of likely N-dealkylation sites (tertiary alicyclic amines) is 1. The second-order valence-electron chi connectivity index (χ2n) is 6.25. The first-order chi connectivity index (χ1) is 12.4. The average Bonchev–Trinajstić information content (AvgIpc) is 3.33. The van der Waals surface area contributed by atoms with E-state index in [4.69, 9.17) is 4.52 Å². The van der Waals surface area contributed by atoms with Crippen molar-refractivity contribution in [2.75, 3.05) is 20.1 Å². The van der Waals surface area contributed by atoms with Crippen LogP contribution in [0.3, 0.4) is 0 Å². The van der Waals surface area contributed by atoms with Gasteiger partial charge in [-0.15, -0.1) is 0 Å². The molecule has 0 saturated carbocycles. The zero-order valence-corrected chi connectivity index (χ0v) is 15.7. The Balaban J connectivity index is 1.79. The predicted molar refractivity (Wildman–Crippen MR) is 93.9 cm³/mol. The minimum atomic E-state index is -3.77. The van der Waals surface area contributed by atoms with Crippen LogP contribution in [0.2, 0.25) is 0 Å². The van der Waals surface area contributed by atoms with E-state index in [1.165, 1.54) is 19.2 Å². The fraction of sp³-hybridized carbons (Fsp3) is 0.471. The molecule has 0 N–H and O–H groups in total. The van der Waals surface area contributed by atoms with Crippen LogP contribution in [0.5, 0.6) is 0 Å². The predicted octanol–water partition coefficient (Wildman–Crippen LogP) is 1.69. The van der Waals surface area contributed by atoms with Crippen molar-refractivity contribution in [3.63, 3.8) is 0 Å². The van der Waals surface area contributed by atoms with Crippen LogP contribution in [0.1, 0.15) is 41.8 Å². The van der Waals surface area contributed by atoms with Crippen molar-refractivity contribution in [1.82, 2.24) is 19.3 Å². The van der Waals surface area contributed by atoms with Gasteiger partial charge in [-0.05, 0) is 31.0 Å². The highest BCUT2D eigenvalue weighted by Crippen LogP contribution is 2.20. The molecule has 2 heterocycles. The summed E-state index contributed by atoms with van der Waals surface area (Å²) in [5.74, 6) is 0.634. The number of aryl methyl sites for hydroxylation is 1. The molecule has 1 aliphatic heterocycles. The van der Waals surface area contributed by atoms with E-state index in [-0.39, 0.29) is 17.3 Å². The lowest BCUT2D eigenvalue weighted by atomic mass is 10.2. The maximum Gasteiger partial charge on any atom is 0.253 e. The Morgan fingerprint density at radius 1 is 1.31 bits per heavy atom. The van der Waals surface area contributed by atoms with Crippen LogP contribution in [0.4, 0.5) is 0 Å². The maximum absolute atomic E-state index is 12.8. The number of sulfonamides is 1. The zero-order valence-electron chi connectivity index (χ0n) is 14.9. The average molecular weight is 378 g/mol. The normalized spacial score (nSPS) is 15.0. The van der Waals surface area contributed by atoms with Crippen molar-refractivity contribution in [2.24, 2.45) is 0 Å². The summed E-state index contributed by atoms with van der Waals surface area (Å²) in [5.41, 5.74) is 0.384. The van der Waals surface area contributed by atoms with Crippen LogP contribution < -0.4 is 0 Å². The van der Waals surface area contributed by atoms with Gasteiger partial charge in [-0.2, -0.15) is 9.29 Å². The first-order valence-corrected chi connectivity index (χ1v) is 10.0. The molecule has 1 aliphatic rings. The molecule has 0 unspecified atom stereocenters. The molecule has 9 heteroatoms. The molecule has 1 fully saturated rings.